The van der Waals surface area contributed by atoms with Crippen molar-refractivity contribution >= 4 is 33.8 Å². The highest BCUT2D eigenvalue weighted by atomic mass is 16.2. The second-order valence-electron chi connectivity index (χ2n) is 8.11. The van der Waals surface area contributed by atoms with Crippen LogP contribution < -0.4 is 4.90 Å². The summed E-state index contributed by atoms with van der Waals surface area (Å²) in [4.78, 5) is 18.4. The second kappa shape index (κ2) is 8.57. The first-order valence-corrected chi connectivity index (χ1v) is 10.5. The third kappa shape index (κ3) is 4.13. The Kier molecular flexibility index (Phi) is 5.68. The molecule has 0 radical (unpaired) electrons. The highest BCUT2D eigenvalue weighted by molar-refractivity contribution is 6.12. The molecule has 0 saturated carbocycles. The Morgan fingerprint density at radius 1 is 0.871 bits per heavy atom. The van der Waals surface area contributed by atoms with Crippen LogP contribution in [0.1, 0.15) is 26.3 Å². The molecule has 1 aliphatic rings. The van der Waals surface area contributed by atoms with Gasteiger partial charge in [0.1, 0.15) is 0 Å². The lowest BCUT2D eigenvalue weighted by Gasteiger charge is -2.22. The number of rotatable bonds is 5. The first-order chi connectivity index (χ1) is 15.0. The van der Waals surface area contributed by atoms with Crippen molar-refractivity contribution in [2.24, 2.45) is 4.99 Å². The maximum atomic E-state index is 11.9. The fraction of sp³-hybridized carbons (Fsp3) is 0.143. The molecule has 0 fully saturated rings. The molecule has 3 aromatic carbocycles. The summed E-state index contributed by atoms with van der Waals surface area (Å²) in [6.07, 6.45) is 11.6. The zero-order valence-electron chi connectivity index (χ0n) is 18.1. The fourth-order valence-corrected chi connectivity index (χ4v) is 4.03. The van der Waals surface area contributed by atoms with Crippen LogP contribution >= 0.6 is 0 Å². The van der Waals surface area contributed by atoms with E-state index in [1.54, 1.807) is 18.0 Å². The van der Waals surface area contributed by atoms with E-state index in [-0.39, 0.29) is 11.3 Å². The molecule has 31 heavy (non-hydrogen) atoms. The lowest BCUT2D eigenvalue weighted by molar-refractivity contribution is -0.116. The number of anilines is 1. The minimum absolute atomic E-state index is 0.0292. The maximum Gasteiger partial charge on any atom is 0.227 e. The van der Waals surface area contributed by atoms with Crippen molar-refractivity contribution in [2.75, 3.05) is 4.90 Å². The standard InChI is InChI=1S/C28H26N2O/c1-21(31)30(23-14-7-6-8-15-23)20-12-5-4-9-17-26-28(2,3)27-24-16-11-10-13-22(24)18-19-25(27)29-26/h4-20H,1-3H3/b5-4+,17-9+,20-12+. The summed E-state index contributed by atoms with van der Waals surface area (Å²) >= 11 is 0. The van der Waals surface area contributed by atoms with Gasteiger partial charge in [0.05, 0.1) is 11.4 Å². The number of nitrogens with zero attached hydrogens (tertiary/aromatic N) is 2. The number of aliphatic imine (C=N–C) groups is 1. The lowest BCUT2D eigenvalue weighted by Crippen LogP contribution is -2.24. The Bertz CT molecular complexity index is 1230. The van der Waals surface area contributed by atoms with Gasteiger partial charge in [0.15, 0.2) is 0 Å². The smallest absolute Gasteiger partial charge is 0.227 e. The Morgan fingerprint density at radius 3 is 2.35 bits per heavy atom. The summed E-state index contributed by atoms with van der Waals surface area (Å²) in [7, 11) is 0. The number of carbonyl (C=O) groups is 1. The molecule has 1 amide bonds. The molecule has 3 nitrogen and oxygen atoms in total. The van der Waals surface area contributed by atoms with Crippen molar-refractivity contribution in [3.05, 3.63) is 109 Å². The molecule has 0 N–H and O–H groups in total. The molecular formula is C28H26N2O. The van der Waals surface area contributed by atoms with E-state index in [1.807, 2.05) is 54.6 Å². The van der Waals surface area contributed by atoms with E-state index in [0.29, 0.717) is 0 Å². The highest BCUT2D eigenvalue weighted by Crippen LogP contribution is 2.44. The minimum Gasteiger partial charge on any atom is -0.288 e. The van der Waals surface area contributed by atoms with Crippen molar-refractivity contribution in [1.29, 1.82) is 0 Å². The van der Waals surface area contributed by atoms with Crippen LogP contribution in [0.2, 0.25) is 0 Å². The number of hydrogen-bond donors (Lipinski definition) is 0. The number of para-hydroxylation sites is 1. The van der Waals surface area contributed by atoms with Crippen LogP contribution in [0.25, 0.3) is 10.8 Å². The lowest BCUT2D eigenvalue weighted by atomic mass is 9.79. The monoisotopic (exact) mass is 406 g/mol. The van der Waals surface area contributed by atoms with Crippen LogP contribution in [0.5, 0.6) is 0 Å². The second-order valence-corrected chi connectivity index (χ2v) is 8.11. The van der Waals surface area contributed by atoms with E-state index in [0.717, 1.165) is 17.1 Å². The van der Waals surface area contributed by atoms with Gasteiger partial charge in [-0.1, -0.05) is 80.6 Å². The largest absolute Gasteiger partial charge is 0.288 e. The quantitative estimate of drug-likeness (QED) is 0.425. The molecule has 3 heteroatoms. The van der Waals surface area contributed by atoms with Gasteiger partial charge in [0.25, 0.3) is 0 Å². The molecule has 154 valence electrons. The summed E-state index contributed by atoms with van der Waals surface area (Å²) in [6.45, 7) is 6.01. The van der Waals surface area contributed by atoms with E-state index in [1.165, 1.54) is 16.3 Å². The number of allylic oxidation sites excluding steroid dienone is 5. The molecule has 0 unspecified atom stereocenters. The Balaban J connectivity index is 1.49. The van der Waals surface area contributed by atoms with Gasteiger partial charge in [-0.2, -0.15) is 0 Å². The predicted octanol–water partition coefficient (Wildman–Crippen LogP) is 6.88. The third-order valence-corrected chi connectivity index (χ3v) is 5.61. The zero-order chi connectivity index (χ0) is 21.8. The number of hydrogen-bond acceptors (Lipinski definition) is 2. The minimum atomic E-state index is -0.158. The van der Waals surface area contributed by atoms with E-state index < -0.39 is 0 Å². The van der Waals surface area contributed by atoms with Crippen LogP contribution in [0, 0.1) is 0 Å². The molecule has 0 spiro atoms. The molecule has 0 aliphatic carbocycles. The molecule has 1 aliphatic heterocycles. The van der Waals surface area contributed by atoms with E-state index in [9.17, 15) is 4.79 Å². The van der Waals surface area contributed by atoms with E-state index in [2.05, 4.69) is 56.3 Å². The first-order valence-electron chi connectivity index (χ1n) is 10.5. The van der Waals surface area contributed by atoms with Crippen molar-refractivity contribution < 1.29 is 4.79 Å². The topological polar surface area (TPSA) is 32.7 Å². The molecule has 4 rings (SSSR count). The van der Waals surface area contributed by atoms with Crippen LogP contribution in [0.15, 0.2) is 108 Å². The third-order valence-electron chi connectivity index (χ3n) is 5.61. The number of carbonyl (C=O) groups excluding carboxylic acids is 1. The Hall–Kier alpha value is -3.72. The maximum absolute atomic E-state index is 11.9. The van der Waals surface area contributed by atoms with Crippen molar-refractivity contribution in [3.8, 4) is 0 Å². The molecule has 0 aromatic heterocycles. The van der Waals surface area contributed by atoms with Gasteiger partial charge in [0, 0.05) is 24.2 Å². The van der Waals surface area contributed by atoms with Gasteiger partial charge < -0.3 is 0 Å². The van der Waals surface area contributed by atoms with Gasteiger partial charge in [-0.25, -0.2) is 0 Å². The van der Waals surface area contributed by atoms with Crippen LogP contribution in [0.4, 0.5) is 11.4 Å². The molecule has 1 heterocycles. The summed E-state index contributed by atoms with van der Waals surface area (Å²) in [6, 6.07) is 22.3. The van der Waals surface area contributed by atoms with Crippen molar-refractivity contribution in [3.63, 3.8) is 0 Å². The molecule has 0 saturated heterocycles. The summed E-state index contributed by atoms with van der Waals surface area (Å²) in [5.74, 6) is -0.0292. The average Bonchev–Trinajstić information content (AvgIpc) is 3.03. The van der Waals surface area contributed by atoms with Crippen LogP contribution in [-0.2, 0) is 10.2 Å². The zero-order valence-corrected chi connectivity index (χ0v) is 18.1. The summed E-state index contributed by atoms with van der Waals surface area (Å²) < 4.78 is 0. The van der Waals surface area contributed by atoms with Gasteiger partial charge in [-0.3, -0.25) is 14.7 Å². The predicted molar refractivity (Wildman–Crippen MR) is 131 cm³/mol. The van der Waals surface area contributed by atoms with Gasteiger partial charge in [0.2, 0.25) is 5.91 Å². The van der Waals surface area contributed by atoms with Crippen molar-refractivity contribution in [2.45, 2.75) is 26.2 Å². The van der Waals surface area contributed by atoms with E-state index >= 15 is 0 Å². The van der Waals surface area contributed by atoms with Gasteiger partial charge in [-0.05, 0) is 46.7 Å². The fourth-order valence-electron chi connectivity index (χ4n) is 4.03. The normalized spacial score (nSPS) is 15.1. The van der Waals surface area contributed by atoms with Crippen molar-refractivity contribution in [1.82, 2.24) is 0 Å². The number of amides is 1. The summed E-state index contributed by atoms with van der Waals surface area (Å²) in [5.41, 5.74) is 4.07. The van der Waals surface area contributed by atoms with E-state index in [4.69, 9.17) is 4.99 Å². The Labute approximate surface area is 183 Å². The number of benzene rings is 3. The Morgan fingerprint density at radius 2 is 1.58 bits per heavy atom. The summed E-state index contributed by atoms with van der Waals surface area (Å²) in [5, 5.41) is 2.51. The van der Waals surface area contributed by atoms with Gasteiger partial charge >= 0.3 is 0 Å². The SMILES string of the molecule is CC(=O)N(/C=C/C=C/C=C/C1=Nc2ccc3ccccc3c2C1(C)C)c1ccccc1. The van der Waals surface area contributed by atoms with Crippen LogP contribution in [-0.4, -0.2) is 11.6 Å². The molecule has 0 atom stereocenters. The first kappa shape index (κ1) is 20.5. The van der Waals surface area contributed by atoms with Crippen LogP contribution in [0.3, 0.4) is 0 Å². The molecular weight excluding hydrogens is 380 g/mol. The number of fused-ring (bicyclic) bond motifs is 3. The highest BCUT2D eigenvalue weighted by Gasteiger charge is 2.34. The molecule has 3 aromatic rings. The van der Waals surface area contributed by atoms with Gasteiger partial charge in [-0.15, -0.1) is 0 Å². The average molecular weight is 407 g/mol. The molecule has 0 bridgehead atoms.